The molecule has 18 heavy (non-hydrogen) atoms. The van der Waals surface area contributed by atoms with E-state index in [0.717, 1.165) is 19.4 Å². The third-order valence-electron chi connectivity index (χ3n) is 2.99. The number of amides is 1. The number of piperidine rings is 1. The summed E-state index contributed by atoms with van der Waals surface area (Å²) >= 11 is 0. The zero-order valence-electron chi connectivity index (χ0n) is 9.74. The summed E-state index contributed by atoms with van der Waals surface area (Å²) in [6.45, 7) is 1.23. The number of carboxylic acids is 1. The summed E-state index contributed by atoms with van der Waals surface area (Å²) in [6, 6.07) is 0. The topological polar surface area (TPSA) is 109 Å². The summed E-state index contributed by atoms with van der Waals surface area (Å²) in [5.74, 6) is -1.13. The summed E-state index contributed by atoms with van der Waals surface area (Å²) in [5, 5.41) is 8.75. The molecule has 1 aromatic rings. The number of nitrogens with zero attached hydrogens (tertiary/aromatic N) is 3. The fourth-order valence-electron chi connectivity index (χ4n) is 1.99. The molecule has 2 rings (SSSR count). The molecule has 7 nitrogen and oxygen atoms in total. The summed E-state index contributed by atoms with van der Waals surface area (Å²) in [7, 11) is 0. The minimum atomic E-state index is -1.06. The molecule has 1 amide bonds. The van der Waals surface area contributed by atoms with E-state index < -0.39 is 5.97 Å². The molecule has 1 aliphatic rings. The Balaban J connectivity index is 2.11. The third-order valence-corrected chi connectivity index (χ3v) is 2.99. The van der Waals surface area contributed by atoms with Crippen LogP contribution in [-0.4, -0.2) is 40.0 Å². The van der Waals surface area contributed by atoms with Crippen molar-refractivity contribution < 1.29 is 14.7 Å². The van der Waals surface area contributed by atoms with E-state index in [2.05, 4.69) is 9.97 Å². The van der Waals surface area contributed by atoms with Crippen LogP contribution in [0.15, 0.2) is 12.4 Å². The molecule has 0 saturated carbocycles. The molecule has 0 spiro atoms. The van der Waals surface area contributed by atoms with Crippen molar-refractivity contribution >= 4 is 17.8 Å². The monoisotopic (exact) mass is 250 g/mol. The normalized spacial score (nSPS) is 19.6. The average Bonchev–Trinajstić information content (AvgIpc) is 2.39. The Morgan fingerprint density at radius 1 is 1.39 bits per heavy atom. The number of carbonyl (C=O) groups excluding carboxylic acids is 1. The molecule has 0 aromatic carbocycles. The molecule has 1 aliphatic heterocycles. The predicted octanol–water partition coefficient (Wildman–Crippen LogP) is -0.124. The Morgan fingerprint density at radius 3 is 2.61 bits per heavy atom. The van der Waals surface area contributed by atoms with E-state index in [1.807, 2.05) is 4.90 Å². The molecule has 0 aliphatic carbocycles. The van der Waals surface area contributed by atoms with Gasteiger partial charge in [-0.3, -0.25) is 4.79 Å². The van der Waals surface area contributed by atoms with Crippen LogP contribution in [-0.2, 0) is 4.79 Å². The summed E-state index contributed by atoms with van der Waals surface area (Å²) in [6.07, 6.45) is 4.15. The number of hydrogen-bond donors (Lipinski definition) is 2. The molecule has 3 N–H and O–H groups in total. The second-order valence-electron chi connectivity index (χ2n) is 4.26. The Hall–Kier alpha value is -2.18. The Labute approximate surface area is 104 Å². The molecule has 0 bridgehead atoms. The van der Waals surface area contributed by atoms with Gasteiger partial charge in [-0.15, -0.1) is 0 Å². The first-order chi connectivity index (χ1) is 8.58. The first-order valence-electron chi connectivity index (χ1n) is 5.67. The number of rotatable bonds is 3. The van der Waals surface area contributed by atoms with Crippen molar-refractivity contribution in [3.8, 4) is 0 Å². The van der Waals surface area contributed by atoms with E-state index in [4.69, 9.17) is 10.8 Å². The van der Waals surface area contributed by atoms with Gasteiger partial charge in [0, 0.05) is 25.5 Å². The number of nitrogens with two attached hydrogens (primary N) is 1. The van der Waals surface area contributed by atoms with E-state index in [1.54, 1.807) is 0 Å². The van der Waals surface area contributed by atoms with Crippen LogP contribution in [0.5, 0.6) is 0 Å². The molecule has 1 atom stereocenters. The number of primary amides is 1. The number of aromatic carboxylic acids is 1. The summed E-state index contributed by atoms with van der Waals surface area (Å²) < 4.78 is 0. The lowest BCUT2D eigenvalue weighted by Crippen LogP contribution is -2.41. The van der Waals surface area contributed by atoms with Crippen LogP contribution in [0.1, 0.15) is 23.2 Å². The van der Waals surface area contributed by atoms with E-state index in [-0.39, 0.29) is 17.4 Å². The van der Waals surface area contributed by atoms with Crippen molar-refractivity contribution in [3.63, 3.8) is 0 Å². The second kappa shape index (κ2) is 4.99. The van der Waals surface area contributed by atoms with Crippen molar-refractivity contribution in [2.75, 3.05) is 18.0 Å². The Kier molecular flexibility index (Phi) is 3.40. The molecule has 96 valence electrons. The van der Waals surface area contributed by atoms with Gasteiger partial charge in [0.2, 0.25) is 11.9 Å². The van der Waals surface area contributed by atoms with Crippen molar-refractivity contribution in [1.29, 1.82) is 0 Å². The highest BCUT2D eigenvalue weighted by Gasteiger charge is 2.25. The number of anilines is 1. The minimum Gasteiger partial charge on any atom is -0.478 e. The van der Waals surface area contributed by atoms with Crippen molar-refractivity contribution in [3.05, 3.63) is 18.0 Å². The molecule has 2 heterocycles. The number of carbonyl (C=O) groups is 2. The lowest BCUT2D eigenvalue weighted by molar-refractivity contribution is -0.122. The number of hydrogen-bond acceptors (Lipinski definition) is 5. The van der Waals surface area contributed by atoms with Crippen molar-refractivity contribution in [2.24, 2.45) is 11.7 Å². The van der Waals surface area contributed by atoms with Gasteiger partial charge in [0.25, 0.3) is 0 Å². The van der Waals surface area contributed by atoms with Crippen LogP contribution >= 0.6 is 0 Å². The number of carboxylic acid groups (broad SMARTS) is 1. The van der Waals surface area contributed by atoms with Gasteiger partial charge in [-0.05, 0) is 12.8 Å². The Morgan fingerprint density at radius 2 is 2.06 bits per heavy atom. The van der Waals surface area contributed by atoms with Gasteiger partial charge in [-0.2, -0.15) is 0 Å². The lowest BCUT2D eigenvalue weighted by atomic mass is 9.98. The molecule has 1 unspecified atom stereocenters. The first-order valence-corrected chi connectivity index (χ1v) is 5.67. The standard InChI is InChI=1S/C11H14N4O3/c12-9(16)7-2-1-3-15(6-7)11-13-4-8(5-14-11)10(17)18/h4-5,7H,1-3,6H2,(H2,12,16)(H,17,18). The van der Waals surface area contributed by atoms with Crippen molar-refractivity contribution in [2.45, 2.75) is 12.8 Å². The van der Waals surface area contributed by atoms with Gasteiger partial charge in [0.15, 0.2) is 0 Å². The fraction of sp³-hybridized carbons (Fsp3) is 0.455. The second-order valence-corrected chi connectivity index (χ2v) is 4.26. The highest BCUT2D eigenvalue weighted by molar-refractivity contribution is 5.86. The zero-order chi connectivity index (χ0) is 13.1. The fourth-order valence-corrected chi connectivity index (χ4v) is 1.99. The van der Waals surface area contributed by atoms with Gasteiger partial charge < -0.3 is 15.7 Å². The largest absolute Gasteiger partial charge is 0.478 e. The van der Waals surface area contributed by atoms with Crippen LogP contribution in [0.25, 0.3) is 0 Å². The van der Waals surface area contributed by atoms with Gasteiger partial charge in [-0.1, -0.05) is 0 Å². The summed E-state index contributed by atoms with van der Waals surface area (Å²) in [4.78, 5) is 31.7. The van der Waals surface area contributed by atoms with Crippen LogP contribution in [0.2, 0.25) is 0 Å². The maximum atomic E-state index is 11.2. The van der Waals surface area contributed by atoms with E-state index in [9.17, 15) is 9.59 Å². The van der Waals surface area contributed by atoms with Gasteiger partial charge in [0.05, 0.1) is 11.5 Å². The van der Waals surface area contributed by atoms with E-state index in [1.165, 1.54) is 12.4 Å². The van der Waals surface area contributed by atoms with Crippen LogP contribution in [0, 0.1) is 5.92 Å². The maximum absolute atomic E-state index is 11.2. The molecule has 1 saturated heterocycles. The molecular formula is C11H14N4O3. The van der Waals surface area contributed by atoms with E-state index in [0.29, 0.717) is 12.5 Å². The number of aromatic nitrogens is 2. The SMILES string of the molecule is NC(=O)C1CCCN(c2ncc(C(=O)O)cn2)C1. The average molecular weight is 250 g/mol. The van der Waals surface area contributed by atoms with Gasteiger partial charge in [-0.25, -0.2) is 14.8 Å². The van der Waals surface area contributed by atoms with Gasteiger partial charge >= 0.3 is 5.97 Å². The zero-order valence-corrected chi connectivity index (χ0v) is 9.74. The minimum absolute atomic E-state index is 0.0437. The summed E-state index contributed by atoms with van der Waals surface area (Å²) in [5.41, 5.74) is 5.33. The quantitative estimate of drug-likeness (QED) is 0.773. The molecule has 0 radical (unpaired) electrons. The van der Waals surface area contributed by atoms with Gasteiger partial charge in [0.1, 0.15) is 0 Å². The maximum Gasteiger partial charge on any atom is 0.338 e. The molecule has 1 fully saturated rings. The predicted molar refractivity (Wildman–Crippen MR) is 63.1 cm³/mol. The molecule has 7 heteroatoms. The third kappa shape index (κ3) is 2.55. The van der Waals surface area contributed by atoms with Crippen LogP contribution in [0.3, 0.4) is 0 Å². The molecular weight excluding hydrogens is 236 g/mol. The Bertz CT molecular complexity index is 460. The smallest absolute Gasteiger partial charge is 0.338 e. The highest BCUT2D eigenvalue weighted by atomic mass is 16.4. The lowest BCUT2D eigenvalue weighted by Gasteiger charge is -2.31. The highest BCUT2D eigenvalue weighted by Crippen LogP contribution is 2.19. The van der Waals surface area contributed by atoms with Crippen LogP contribution < -0.4 is 10.6 Å². The first kappa shape index (κ1) is 12.3. The molecule has 1 aromatic heterocycles. The van der Waals surface area contributed by atoms with Crippen LogP contribution in [0.4, 0.5) is 5.95 Å². The van der Waals surface area contributed by atoms with E-state index >= 15 is 0 Å². The van der Waals surface area contributed by atoms with Crippen molar-refractivity contribution in [1.82, 2.24) is 9.97 Å².